The molecule has 0 bridgehead atoms. The molecule has 0 saturated heterocycles. The van der Waals surface area contributed by atoms with Crippen molar-refractivity contribution in [3.05, 3.63) is 59.9 Å². The number of benzene rings is 1. The van der Waals surface area contributed by atoms with E-state index < -0.39 is 0 Å². The van der Waals surface area contributed by atoms with Gasteiger partial charge in [-0.3, -0.25) is 9.78 Å². The molecule has 4 heteroatoms. The van der Waals surface area contributed by atoms with Crippen LogP contribution in [0.15, 0.2) is 48.8 Å². The summed E-state index contributed by atoms with van der Waals surface area (Å²) in [6.45, 7) is 0.645. The van der Waals surface area contributed by atoms with Gasteiger partial charge in [0.25, 0.3) is 5.91 Å². The second kappa shape index (κ2) is 4.82. The van der Waals surface area contributed by atoms with Gasteiger partial charge in [0.05, 0.1) is 5.56 Å². The molecule has 2 N–H and O–H groups in total. The molecule has 1 atom stereocenters. The molecule has 3 rings (SSSR count). The van der Waals surface area contributed by atoms with E-state index in [-0.39, 0.29) is 11.9 Å². The lowest BCUT2D eigenvalue weighted by atomic mass is 9.96. The van der Waals surface area contributed by atoms with Crippen LogP contribution < -0.4 is 10.6 Å². The van der Waals surface area contributed by atoms with Crippen LogP contribution in [0.3, 0.4) is 0 Å². The predicted molar refractivity (Wildman–Crippen MR) is 73.9 cm³/mol. The summed E-state index contributed by atoms with van der Waals surface area (Å²) in [5.41, 5.74) is 8.65. The first-order valence-electron chi connectivity index (χ1n) is 6.34. The summed E-state index contributed by atoms with van der Waals surface area (Å²) in [5, 5.41) is 0. The molecule has 4 nitrogen and oxygen atoms in total. The van der Waals surface area contributed by atoms with E-state index in [0.717, 1.165) is 17.7 Å². The molecule has 2 aromatic rings. The fourth-order valence-electron chi connectivity index (χ4n) is 2.45. The zero-order valence-electron chi connectivity index (χ0n) is 10.5. The molecule has 1 amide bonds. The van der Waals surface area contributed by atoms with Crippen molar-refractivity contribution in [3.63, 3.8) is 0 Å². The second-order valence-electron chi connectivity index (χ2n) is 4.65. The van der Waals surface area contributed by atoms with Crippen molar-refractivity contribution >= 4 is 11.6 Å². The lowest BCUT2D eigenvalue weighted by molar-refractivity contribution is 0.0984. The zero-order valence-corrected chi connectivity index (χ0v) is 10.5. The topological polar surface area (TPSA) is 59.2 Å². The molecule has 1 aromatic carbocycles. The molecule has 0 aliphatic carbocycles. The molecular formula is C15H15N3O. The van der Waals surface area contributed by atoms with Gasteiger partial charge >= 0.3 is 0 Å². The van der Waals surface area contributed by atoms with Crippen LogP contribution in [0.4, 0.5) is 5.69 Å². The Bertz CT molecular complexity index is 597. The van der Waals surface area contributed by atoms with E-state index in [2.05, 4.69) is 4.98 Å². The minimum Gasteiger partial charge on any atom is -0.324 e. The number of carbonyl (C=O) groups excluding carboxylic acids is 1. The lowest BCUT2D eigenvalue weighted by Gasteiger charge is -2.32. The maximum atomic E-state index is 12.5. The Balaban J connectivity index is 1.99. The summed E-state index contributed by atoms with van der Waals surface area (Å²) in [4.78, 5) is 18.3. The van der Waals surface area contributed by atoms with Crippen LogP contribution in [0, 0.1) is 0 Å². The first-order valence-corrected chi connectivity index (χ1v) is 6.34. The molecule has 0 fully saturated rings. The lowest BCUT2D eigenvalue weighted by Crippen LogP contribution is -2.38. The molecule has 1 aliphatic rings. The van der Waals surface area contributed by atoms with Crippen LogP contribution in [0.5, 0.6) is 0 Å². The molecule has 1 aromatic heterocycles. The largest absolute Gasteiger partial charge is 0.324 e. The Morgan fingerprint density at radius 1 is 1.26 bits per heavy atom. The normalized spacial score (nSPS) is 17.9. The highest BCUT2D eigenvalue weighted by Crippen LogP contribution is 2.32. The maximum absolute atomic E-state index is 12.5. The Kier molecular flexibility index (Phi) is 3.01. The Morgan fingerprint density at radius 2 is 2.11 bits per heavy atom. The van der Waals surface area contributed by atoms with Crippen molar-refractivity contribution in [2.45, 2.75) is 12.5 Å². The van der Waals surface area contributed by atoms with Crippen LogP contribution in [0.2, 0.25) is 0 Å². The molecule has 0 saturated carbocycles. The van der Waals surface area contributed by atoms with Gasteiger partial charge in [0, 0.05) is 30.7 Å². The fourth-order valence-corrected chi connectivity index (χ4v) is 2.45. The number of pyridine rings is 1. The number of carbonyl (C=O) groups is 1. The fraction of sp³-hybridized carbons (Fsp3) is 0.200. The van der Waals surface area contributed by atoms with E-state index in [9.17, 15) is 4.79 Å². The van der Waals surface area contributed by atoms with Crippen molar-refractivity contribution in [2.24, 2.45) is 5.73 Å². The number of nitrogens with zero attached hydrogens (tertiary/aromatic N) is 2. The summed E-state index contributed by atoms with van der Waals surface area (Å²) in [6, 6.07) is 11.4. The summed E-state index contributed by atoms with van der Waals surface area (Å²) < 4.78 is 0. The van der Waals surface area contributed by atoms with Gasteiger partial charge in [0.15, 0.2) is 0 Å². The Morgan fingerprint density at radius 3 is 2.89 bits per heavy atom. The standard InChI is InChI=1S/C15H15N3O/c16-13-7-9-18(14-6-2-1-5-12(13)14)15(19)11-4-3-8-17-10-11/h1-6,8,10,13H,7,9,16H2. The smallest absolute Gasteiger partial charge is 0.259 e. The summed E-state index contributed by atoms with van der Waals surface area (Å²) in [6.07, 6.45) is 4.04. The van der Waals surface area contributed by atoms with Crippen LogP contribution in [0.1, 0.15) is 28.4 Å². The van der Waals surface area contributed by atoms with Gasteiger partial charge in [-0.05, 0) is 30.2 Å². The molecule has 0 radical (unpaired) electrons. The van der Waals surface area contributed by atoms with Gasteiger partial charge in [0.1, 0.15) is 0 Å². The van der Waals surface area contributed by atoms with Crippen molar-refractivity contribution < 1.29 is 4.79 Å². The average molecular weight is 253 g/mol. The van der Waals surface area contributed by atoms with E-state index in [0.29, 0.717) is 12.1 Å². The zero-order chi connectivity index (χ0) is 13.2. The number of hydrogen-bond acceptors (Lipinski definition) is 3. The molecule has 0 spiro atoms. The summed E-state index contributed by atoms with van der Waals surface area (Å²) in [5.74, 6) is -0.0209. The first kappa shape index (κ1) is 11.9. The number of nitrogens with two attached hydrogens (primary N) is 1. The number of para-hydroxylation sites is 1. The third kappa shape index (κ3) is 2.11. The maximum Gasteiger partial charge on any atom is 0.259 e. The highest BCUT2D eigenvalue weighted by atomic mass is 16.2. The number of amides is 1. The number of aromatic nitrogens is 1. The molecule has 1 aliphatic heterocycles. The van der Waals surface area contributed by atoms with Crippen LogP contribution in [-0.4, -0.2) is 17.4 Å². The van der Waals surface area contributed by atoms with Crippen LogP contribution in [0.25, 0.3) is 0 Å². The van der Waals surface area contributed by atoms with Gasteiger partial charge in [-0.25, -0.2) is 0 Å². The van der Waals surface area contributed by atoms with Gasteiger partial charge < -0.3 is 10.6 Å². The molecule has 19 heavy (non-hydrogen) atoms. The van der Waals surface area contributed by atoms with Crippen molar-refractivity contribution in [2.75, 3.05) is 11.4 Å². The summed E-state index contributed by atoms with van der Waals surface area (Å²) in [7, 11) is 0. The van der Waals surface area contributed by atoms with E-state index >= 15 is 0 Å². The minimum atomic E-state index is -0.0209. The number of rotatable bonds is 1. The van der Waals surface area contributed by atoms with E-state index in [4.69, 9.17) is 5.73 Å². The van der Waals surface area contributed by atoms with Crippen molar-refractivity contribution in [1.29, 1.82) is 0 Å². The molecule has 2 heterocycles. The number of hydrogen-bond donors (Lipinski definition) is 1. The minimum absolute atomic E-state index is 0.00847. The SMILES string of the molecule is NC1CCN(C(=O)c2cccnc2)c2ccccc21. The Labute approximate surface area is 111 Å². The monoisotopic (exact) mass is 253 g/mol. The highest BCUT2D eigenvalue weighted by Gasteiger charge is 2.26. The predicted octanol–water partition coefficient (Wildman–Crippen LogP) is 2.13. The van der Waals surface area contributed by atoms with Gasteiger partial charge in [-0.1, -0.05) is 18.2 Å². The third-order valence-electron chi connectivity index (χ3n) is 3.44. The first-order chi connectivity index (χ1) is 9.27. The second-order valence-corrected chi connectivity index (χ2v) is 4.65. The van der Waals surface area contributed by atoms with Crippen LogP contribution in [-0.2, 0) is 0 Å². The van der Waals surface area contributed by atoms with Gasteiger partial charge in [-0.15, -0.1) is 0 Å². The van der Waals surface area contributed by atoms with Gasteiger partial charge in [0.2, 0.25) is 0 Å². The van der Waals surface area contributed by atoms with Gasteiger partial charge in [-0.2, -0.15) is 0 Å². The Hall–Kier alpha value is -2.20. The van der Waals surface area contributed by atoms with E-state index in [1.54, 1.807) is 29.4 Å². The van der Waals surface area contributed by atoms with Crippen molar-refractivity contribution in [1.82, 2.24) is 4.98 Å². The quantitative estimate of drug-likeness (QED) is 0.847. The van der Waals surface area contributed by atoms with E-state index in [1.165, 1.54) is 0 Å². The number of fused-ring (bicyclic) bond motifs is 1. The summed E-state index contributed by atoms with van der Waals surface area (Å²) >= 11 is 0. The van der Waals surface area contributed by atoms with Crippen LogP contribution >= 0.6 is 0 Å². The molecular weight excluding hydrogens is 238 g/mol. The third-order valence-corrected chi connectivity index (χ3v) is 3.44. The molecule has 1 unspecified atom stereocenters. The number of anilines is 1. The van der Waals surface area contributed by atoms with Crippen molar-refractivity contribution in [3.8, 4) is 0 Å². The molecule has 96 valence electrons. The van der Waals surface area contributed by atoms with E-state index in [1.807, 2.05) is 24.3 Å². The average Bonchev–Trinajstić information content (AvgIpc) is 2.48. The highest BCUT2D eigenvalue weighted by molar-refractivity contribution is 6.06.